The molecule has 0 aromatic heterocycles. The molecular formula is C15H15N3O7S. The van der Waals surface area contributed by atoms with Crippen LogP contribution in [0.5, 0.6) is 11.5 Å². The minimum Gasteiger partial charge on any atom is -0.493 e. The van der Waals surface area contributed by atoms with Gasteiger partial charge >= 0.3 is 0 Å². The minimum absolute atomic E-state index is 0.105. The van der Waals surface area contributed by atoms with Crippen LogP contribution in [0.25, 0.3) is 0 Å². The molecule has 0 heterocycles. The van der Waals surface area contributed by atoms with Gasteiger partial charge in [0.25, 0.3) is 11.6 Å². The van der Waals surface area contributed by atoms with E-state index in [1.54, 1.807) is 0 Å². The van der Waals surface area contributed by atoms with Crippen LogP contribution in [0.1, 0.15) is 10.4 Å². The molecule has 0 saturated carbocycles. The fraction of sp³-hybridized carbons (Fsp3) is 0.133. The van der Waals surface area contributed by atoms with Gasteiger partial charge in [-0.1, -0.05) is 0 Å². The van der Waals surface area contributed by atoms with E-state index in [4.69, 9.17) is 14.6 Å². The van der Waals surface area contributed by atoms with Gasteiger partial charge in [0.05, 0.1) is 30.1 Å². The standard InChI is InChI=1S/C15H15N3O7S/c1-24-13-7-11(12(18(20)21)8-14(13)25-2)15(19)17-9-3-5-10(6-4-9)26(16,22)23/h3-8H,1-2H3,(H,17,19)(H2,16,22,23). The van der Waals surface area contributed by atoms with Crippen molar-refractivity contribution in [3.63, 3.8) is 0 Å². The number of anilines is 1. The second kappa shape index (κ2) is 7.37. The van der Waals surface area contributed by atoms with Crippen LogP contribution in [0.15, 0.2) is 41.3 Å². The van der Waals surface area contributed by atoms with Gasteiger partial charge in [0, 0.05) is 11.8 Å². The molecular weight excluding hydrogens is 366 g/mol. The molecule has 26 heavy (non-hydrogen) atoms. The lowest BCUT2D eigenvalue weighted by molar-refractivity contribution is -0.385. The summed E-state index contributed by atoms with van der Waals surface area (Å²) in [5.74, 6) is -0.526. The molecule has 11 heteroatoms. The van der Waals surface area contributed by atoms with E-state index in [0.717, 1.165) is 6.07 Å². The van der Waals surface area contributed by atoms with Gasteiger partial charge < -0.3 is 14.8 Å². The van der Waals surface area contributed by atoms with Gasteiger partial charge in [0.2, 0.25) is 10.0 Å². The van der Waals surface area contributed by atoms with Crippen molar-refractivity contribution in [3.05, 3.63) is 52.1 Å². The molecule has 0 saturated heterocycles. The zero-order chi connectivity index (χ0) is 19.5. The van der Waals surface area contributed by atoms with Crippen LogP contribution in [0.2, 0.25) is 0 Å². The highest BCUT2D eigenvalue weighted by molar-refractivity contribution is 7.89. The third-order valence-electron chi connectivity index (χ3n) is 3.38. The van der Waals surface area contributed by atoms with Gasteiger partial charge in [-0.05, 0) is 24.3 Å². The summed E-state index contributed by atoms with van der Waals surface area (Å²) in [5.41, 5.74) is -0.490. The van der Waals surface area contributed by atoms with Gasteiger partial charge in [-0.2, -0.15) is 0 Å². The fourth-order valence-corrected chi connectivity index (χ4v) is 2.64. The lowest BCUT2D eigenvalue weighted by Gasteiger charge is -2.11. The molecule has 0 unspecified atom stereocenters. The van der Waals surface area contributed by atoms with E-state index in [9.17, 15) is 23.3 Å². The first-order chi connectivity index (χ1) is 12.2. The third-order valence-corrected chi connectivity index (χ3v) is 4.31. The Balaban J connectivity index is 2.38. The summed E-state index contributed by atoms with van der Waals surface area (Å²) in [4.78, 5) is 22.8. The molecule has 2 aromatic rings. The molecule has 0 atom stereocenters. The Morgan fingerprint density at radius 2 is 1.65 bits per heavy atom. The van der Waals surface area contributed by atoms with Crippen LogP contribution in [-0.2, 0) is 10.0 Å². The van der Waals surface area contributed by atoms with E-state index in [0.29, 0.717) is 0 Å². The van der Waals surface area contributed by atoms with Crippen LogP contribution in [0.3, 0.4) is 0 Å². The second-order valence-corrected chi connectivity index (χ2v) is 6.57. The first kappa shape index (κ1) is 19.1. The zero-order valence-electron chi connectivity index (χ0n) is 13.8. The van der Waals surface area contributed by atoms with E-state index in [1.807, 2.05) is 0 Å². The van der Waals surface area contributed by atoms with Crippen molar-refractivity contribution in [2.45, 2.75) is 4.90 Å². The van der Waals surface area contributed by atoms with Gasteiger partial charge in [-0.3, -0.25) is 14.9 Å². The summed E-state index contributed by atoms with van der Waals surface area (Å²) >= 11 is 0. The Bertz CT molecular complexity index is 956. The monoisotopic (exact) mass is 381 g/mol. The van der Waals surface area contributed by atoms with Crippen molar-refractivity contribution in [1.82, 2.24) is 0 Å². The highest BCUT2D eigenvalue weighted by atomic mass is 32.2. The number of nitrogens with zero attached hydrogens (tertiary/aromatic N) is 1. The van der Waals surface area contributed by atoms with Crippen LogP contribution in [0.4, 0.5) is 11.4 Å². The summed E-state index contributed by atoms with van der Waals surface area (Å²) < 4.78 is 32.5. The third kappa shape index (κ3) is 4.07. The Kier molecular flexibility index (Phi) is 5.43. The SMILES string of the molecule is COc1cc(C(=O)Nc2ccc(S(N)(=O)=O)cc2)c([N+](=O)[O-])cc1OC. The number of nitrogens with one attached hydrogen (secondary N) is 1. The van der Waals surface area contributed by atoms with Crippen LogP contribution in [0, 0.1) is 10.1 Å². The Hall–Kier alpha value is -3.18. The zero-order valence-corrected chi connectivity index (χ0v) is 14.6. The molecule has 1 amide bonds. The molecule has 0 spiro atoms. The maximum atomic E-state index is 12.4. The van der Waals surface area contributed by atoms with E-state index < -0.39 is 26.5 Å². The Morgan fingerprint density at radius 1 is 1.12 bits per heavy atom. The molecule has 138 valence electrons. The molecule has 2 rings (SSSR count). The Labute approximate surface area is 148 Å². The smallest absolute Gasteiger partial charge is 0.286 e. The maximum Gasteiger partial charge on any atom is 0.286 e. The largest absolute Gasteiger partial charge is 0.493 e. The van der Waals surface area contributed by atoms with E-state index in [-0.39, 0.29) is 27.6 Å². The highest BCUT2D eigenvalue weighted by Gasteiger charge is 2.24. The van der Waals surface area contributed by atoms with E-state index in [1.165, 1.54) is 44.6 Å². The molecule has 0 fully saturated rings. The molecule has 0 bridgehead atoms. The first-order valence-electron chi connectivity index (χ1n) is 7.02. The molecule has 0 aliphatic rings. The number of benzene rings is 2. The van der Waals surface area contributed by atoms with Crippen molar-refractivity contribution in [3.8, 4) is 11.5 Å². The van der Waals surface area contributed by atoms with Crippen molar-refractivity contribution in [2.24, 2.45) is 5.14 Å². The number of carbonyl (C=O) groups excluding carboxylic acids is 1. The number of nitrogens with two attached hydrogens (primary N) is 1. The van der Waals surface area contributed by atoms with Crippen molar-refractivity contribution >= 4 is 27.3 Å². The predicted octanol–water partition coefficient (Wildman–Crippen LogP) is 1.51. The minimum atomic E-state index is -3.87. The number of primary sulfonamides is 1. The molecule has 0 radical (unpaired) electrons. The topological polar surface area (TPSA) is 151 Å². The van der Waals surface area contributed by atoms with Gasteiger partial charge in [-0.15, -0.1) is 0 Å². The number of ether oxygens (including phenoxy) is 2. The summed E-state index contributed by atoms with van der Waals surface area (Å²) in [5, 5.41) is 18.7. The average Bonchev–Trinajstić information content (AvgIpc) is 2.59. The summed E-state index contributed by atoms with van der Waals surface area (Å²) in [6.07, 6.45) is 0. The highest BCUT2D eigenvalue weighted by Crippen LogP contribution is 2.34. The summed E-state index contributed by atoms with van der Waals surface area (Å²) in [7, 11) is -1.22. The van der Waals surface area contributed by atoms with Crippen LogP contribution >= 0.6 is 0 Å². The number of nitro benzene ring substituents is 1. The van der Waals surface area contributed by atoms with E-state index in [2.05, 4.69) is 5.32 Å². The number of hydrogen-bond donors (Lipinski definition) is 2. The number of carbonyl (C=O) groups is 1. The molecule has 10 nitrogen and oxygen atoms in total. The summed E-state index contributed by atoms with van der Waals surface area (Å²) in [6.45, 7) is 0. The lowest BCUT2D eigenvalue weighted by atomic mass is 10.1. The molecule has 3 N–H and O–H groups in total. The van der Waals surface area contributed by atoms with Gasteiger partial charge in [-0.25, -0.2) is 13.6 Å². The van der Waals surface area contributed by atoms with Crippen molar-refractivity contribution < 1.29 is 27.6 Å². The molecule has 2 aromatic carbocycles. The average molecular weight is 381 g/mol. The number of amides is 1. The molecule has 0 aliphatic heterocycles. The van der Waals surface area contributed by atoms with Crippen LogP contribution in [-0.4, -0.2) is 33.5 Å². The number of hydrogen-bond acceptors (Lipinski definition) is 7. The van der Waals surface area contributed by atoms with Crippen molar-refractivity contribution in [2.75, 3.05) is 19.5 Å². The summed E-state index contributed by atoms with van der Waals surface area (Å²) in [6, 6.07) is 7.29. The van der Waals surface area contributed by atoms with Gasteiger partial charge in [0.15, 0.2) is 11.5 Å². The van der Waals surface area contributed by atoms with Crippen LogP contribution < -0.4 is 19.9 Å². The second-order valence-electron chi connectivity index (χ2n) is 5.00. The lowest BCUT2D eigenvalue weighted by Crippen LogP contribution is -2.15. The number of methoxy groups -OCH3 is 2. The predicted molar refractivity (Wildman–Crippen MR) is 92.0 cm³/mol. The Morgan fingerprint density at radius 3 is 2.12 bits per heavy atom. The molecule has 0 aliphatic carbocycles. The quantitative estimate of drug-likeness (QED) is 0.568. The van der Waals surface area contributed by atoms with Gasteiger partial charge in [0.1, 0.15) is 5.56 Å². The number of nitro groups is 1. The number of sulfonamides is 1. The first-order valence-corrected chi connectivity index (χ1v) is 8.56. The van der Waals surface area contributed by atoms with Crippen molar-refractivity contribution in [1.29, 1.82) is 0 Å². The maximum absolute atomic E-state index is 12.4. The fourth-order valence-electron chi connectivity index (χ4n) is 2.13. The number of rotatable bonds is 6. The van der Waals surface area contributed by atoms with E-state index >= 15 is 0 Å². The normalized spacial score (nSPS) is 10.9.